The molecule has 2 fully saturated rings. The number of rotatable bonds is 4. The van der Waals surface area contributed by atoms with Crippen LogP contribution in [0.25, 0.3) is 11.0 Å². The fourth-order valence-electron chi connectivity index (χ4n) is 4.27. The normalized spacial score (nSPS) is 21.3. The van der Waals surface area contributed by atoms with Crippen molar-refractivity contribution in [2.75, 3.05) is 26.2 Å². The minimum Gasteiger partial charge on any atom is -0.340 e. The lowest BCUT2D eigenvalue weighted by molar-refractivity contribution is -0.135. The zero-order chi connectivity index (χ0) is 18.1. The van der Waals surface area contributed by atoms with Gasteiger partial charge in [0, 0.05) is 50.2 Å². The number of pyridine rings is 1. The Morgan fingerprint density at radius 2 is 2.15 bits per heavy atom. The minimum atomic E-state index is -2.58. The first-order chi connectivity index (χ1) is 12.6. The number of carbonyl (C=O) groups excluding carboxylic acids is 1. The zero-order valence-electron chi connectivity index (χ0n) is 14.8. The van der Waals surface area contributed by atoms with Gasteiger partial charge in [-0.2, -0.15) is 0 Å². The van der Waals surface area contributed by atoms with E-state index in [1.54, 1.807) is 18.3 Å². The van der Waals surface area contributed by atoms with Gasteiger partial charge in [0.15, 0.2) is 0 Å². The summed E-state index contributed by atoms with van der Waals surface area (Å²) in [5.74, 6) is 0.0493. The number of fused-ring (bicyclic) bond motifs is 2. The Labute approximate surface area is 151 Å². The molecule has 0 aromatic carbocycles. The molecule has 0 bridgehead atoms. The molecule has 0 saturated carbocycles. The van der Waals surface area contributed by atoms with Crippen LogP contribution in [-0.2, 0) is 11.3 Å². The molecule has 26 heavy (non-hydrogen) atoms. The third-order valence-electron chi connectivity index (χ3n) is 5.65. The summed E-state index contributed by atoms with van der Waals surface area (Å²) >= 11 is 0. The summed E-state index contributed by atoms with van der Waals surface area (Å²) in [5, 5.41) is 0.686. The van der Waals surface area contributed by atoms with Crippen LogP contribution in [0.1, 0.15) is 37.8 Å². The first kappa shape index (κ1) is 17.4. The lowest BCUT2D eigenvalue weighted by atomic mass is 9.99. The molecule has 2 aromatic heterocycles. The average molecular weight is 362 g/mol. The first-order valence-electron chi connectivity index (χ1n) is 9.37. The number of halogens is 2. The number of aryl methyl sites for hydroxylation is 1. The van der Waals surface area contributed by atoms with E-state index in [2.05, 4.69) is 9.88 Å². The molecule has 1 amide bonds. The second kappa shape index (κ2) is 7.31. The first-order valence-corrected chi connectivity index (χ1v) is 9.37. The Morgan fingerprint density at radius 3 is 3.00 bits per heavy atom. The van der Waals surface area contributed by atoms with Gasteiger partial charge in [-0.1, -0.05) is 6.42 Å². The molecule has 2 aliphatic rings. The average Bonchev–Trinajstić information content (AvgIpc) is 3.04. The van der Waals surface area contributed by atoms with Crippen molar-refractivity contribution in [3.05, 3.63) is 30.1 Å². The molecule has 0 N–H and O–H groups in total. The second-order valence-electron chi connectivity index (χ2n) is 7.21. The molecular formula is C19H24F2N4O. The van der Waals surface area contributed by atoms with Crippen LogP contribution in [-0.4, -0.2) is 57.5 Å². The highest BCUT2D eigenvalue weighted by Gasteiger charge is 2.31. The van der Waals surface area contributed by atoms with E-state index >= 15 is 0 Å². The van der Waals surface area contributed by atoms with E-state index in [9.17, 15) is 13.6 Å². The third kappa shape index (κ3) is 3.32. The standard InChI is InChI=1S/C19H24F2N4O/c20-18(21)16-12-14-4-3-7-22-19(14)25(16)9-6-17(26)24-11-10-23-8-2-1-5-15(23)13-24/h3-4,7,12,15,18H,1-2,5-6,8-11,13H2. The van der Waals surface area contributed by atoms with Gasteiger partial charge in [0.1, 0.15) is 5.65 Å². The molecule has 0 aliphatic carbocycles. The molecular weight excluding hydrogens is 338 g/mol. The maximum absolute atomic E-state index is 13.4. The summed E-state index contributed by atoms with van der Waals surface area (Å²) in [5.41, 5.74) is 0.455. The number of nitrogens with zero attached hydrogens (tertiary/aromatic N) is 4. The van der Waals surface area contributed by atoms with Crippen LogP contribution in [0.4, 0.5) is 8.78 Å². The lowest BCUT2D eigenvalue weighted by Gasteiger charge is -2.44. The Kier molecular flexibility index (Phi) is 4.89. The molecule has 7 heteroatoms. The van der Waals surface area contributed by atoms with E-state index in [0.717, 1.165) is 32.6 Å². The van der Waals surface area contributed by atoms with Crippen molar-refractivity contribution in [1.82, 2.24) is 19.4 Å². The van der Waals surface area contributed by atoms with E-state index in [4.69, 9.17) is 0 Å². The summed E-state index contributed by atoms with van der Waals surface area (Å²) in [7, 11) is 0. The summed E-state index contributed by atoms with van der Waals surface area (Å²) in [6.45, 7) is 3.80. The van der Waals surface area contributed by atoms with Crippen LogP contribution in [0, 0.1) is 0 Å². The van der Waals surface area contributed by atoms with Gasteiger partial charge in [0.25, 0.3) is 6.43 Å². The largest absolute Gasteiger partial charge is 0.340 e. The summed E-state index contributed by atoms with van der Waals surface area (Å²) < 4.78 is 28.3. The van der Waals surface area contributed by atoms with Crippen LogP contribution in [0.3, 0.4) is 0 Å². The smallest absolute Gasteiger partial charge is 0.278 e. The fourth-order valence-corrected chi connectivity index (χ4v) is 4.27. The Bertz CT molecular complexity index is 791. The van der Waals surface area contributed by atoms with Crippen LogP contribution >= 0.6 is 0 Å². The van der Waals surface area contributed by atoms with Gasteiger partial charge in [-0.25, -0.2) is 13.8 Å². The molecule has 2 aliphatic heterocycles. The predicted octanol–water partition coefficient (Wildman–Crippen LogP) is 3.06. The van der Waals surface area contributed by atoms with Crippen LogP contribution in [0.15, 0.2) is 24.4 Å². The summed E-state index contributed by atoms with van der Waals surface area (Å²) in [4.78, 5) is 21.3. The van der Waals surface area contributed by atoms with Gasteiger partial charge in [0.05, 0.1) is 5.69 Å². The molecule has 2 aromatic rings. The van der Waals surface area contributed by atoms with E-state index in [1.807, 2.05) is 4.90 Å². The monoisotopic (exact) mass is 362 g/mol. The zero-order valence-corrected chi connectivity index (χ0v) is 14.8. The number of piperidine rings is 1. The molecule has 4 heterocycles. The van der Waals surface area contributed by atoms with E-state index < -0.39 is 6.43 Å². The van der Waals surface area contributed by atoms with E-state index in [-0.39, 0.29) is 24.6 Å². The van der Waals surface area contributed by atoms with Gasteiger partial charge in [0.2, 0.25) is 5.91 Å². The topological polar surface area (TPSA) is 41.4 Å². The van der Waals surface area contributed by atoms with Crippen molar-refractivity contribution >= 4 is 16.9 Å². The number of aromatic nitrogens is 2. The number of hydrogen-bond donors (Lipinski definition) is 0. The van der Waals surface area contributed by atoms with Crippen molar-refractivity contribution in [3.8, 4) is 0 Å². The van der Waals surface area contributed by atoms with Gasteiger partial charge < -0.3 is 9.47 Å². The number of carbonyl (C=O) groups is 1. The third-order valence-corrected chi connectivity index (χ3v) is 5.65. The van der Waals surface area contributed by atoms with Crippen molar-refractivity contribution in [1.29, 1.82) is 0 Å². The fraction of sp³-hybridized carbons (Fsp3) is 0.579. The van der Waals surface area contributed by atoms with E-state index in [1.165, 1.54) is 23.5 Å². The van der Waals surface area contributed by atoms with Crippen LogP contribution in [0.5, 0.6) is 0 Å². The quantitative estimate of drug-likeness (QED) is 0.839. The van der Waals surface area contributed by atoms with Crippen molar-refractivity contribution in [2.24, 2.45) is 0 Å². The second-order valence-corrected chi connectivity index (χ2v) is 7.21. The Hall–Kier alpha value is -2.02. The van der Waals surface area contributed by atoms with Gasteiger partial charge in [-0.15, -0.1) is 0 Å². The van der Waals surface area contributed by atoms with Crippen LogP contribution < -0.4 is 0 Å². The molecule has 0 spiro atoms. The van der Waals surface area contributed by atoms with Crippen LogP contribution in [0.2, 0.25) is 0 Å². The minimum absolute atomic E-state index is 0.0493. The Balaban J connectivity index is 1.45. The maximum atomic E-state index is 13.4. The predicted molar refractivity (Wildman–Crippen MR) is 95.1 cm³/mol. The van der Waals surface area contributed by atoms with Crippen molar-refractivity contribution in [3.63, 3.8) is 0 Å². The van der Waals surface area contributed by atoms with Gasteiger partial charge >= 0.3 is 0 Å². The molecule has 1 unspecified atom stereocenters. The molecule has 5 nitrogen and oxygen atoms in total. The van der Waals surface area contributed by atoms with Gasteiger partial charge in [-0.3, -0.25) is 9.69 Å². The molecule has 4 rings (SSSR count). The molecule has 2 saturated heterocycles. The van der Waals surface area contributed by atoms with Crippen molar-refractivity contribution < 1.29 is 13.6 Å². The SMILES string of the molecule is O=C(CCn1c(C(F)F)cc2cccnc21)N1CCN2CCCCC2C1. The molecule has 1 atom stereocenters. The highest BCUT2D eigenvalue weighted by atomic mass is 19.3. The Morgan fingerprint density at radius 1 is 1.27 bits per heavy atom. The summed E-state index contributed by atoms with van der Waals surface area (Å²) in [6.07, 6.45) is 2.86. The number of piperazine rings is 1. The number of amides is 1. The molecule has 140 valence electrons. The van der Waals surface area contributed by atoms with Gasteiger partial charge in [-0.05, 0) is 37.6 Å². The number of alkyl halides is 2. The highest BCUT2D eigenvalue weighted by molar-refractivity contribution is 5.79. The highest BCUT2D eigenvalue weighted by Crippen LogP contribution is 2.27. The van der Waals surface area contributed by atoms with E-state index in [0.29, 0.717) is 17.1 Å². The van der Waals surface area contributed by atoms with Crippen molar-refractivity contribution in [2.45, 2.75) is 44.7 Å². The number of hydrogen-bond acceptors (Lipinski definition) is 3. The molecule has 0 radical (unpaired) electrons. The lowest BCUT2D eigenvalue weighted by Crippen LogP contribution is -2.56. The summed E-state index contributed by atoms with van der Waals surface area (Å²) in [6, 6.07) is 5.44. The maximum Gasteiger partial charge on any atom is 0.278 e.